The van der Waals surface area contributed by atoms with E-state index in [1.165, 1.54) is 29.5 Å². The zero-order valence-electron chi connectivity index (χ0n) is 15.9. The number of nitrogens with zero attached hydrogens (tertiary/aromatic N) is 1. The van der Waals surface area contributed by atoms with E-state index in [9.17, 15) is 0 Å². The highest BCUT2D eigenvalue weighted by molar-refractivity contribution is 7.80. The predicted octanol–water partition coefficient (Wildman–Crippen LogP) is 4.63. The van der Waals surface area contributed by atoms with Gasteiger partial charge in [-0.25, -0.2) is 0 Å². The molecule has 4 heteroatoms. The van der Waals surface area contributed by atoms with E-state index < -0.39 is 0 Å². The standard InChI is InChI=1S/C22H28N2OS/c1-4-5-12-24-15-17-8-6-7-9-18(17)20(24)14-23-22(26)19-13-16(2)10-11-21(19)25-3/h6-11,13,20H,4-5,12,14-15H2,1-3H3,(H,23,26)/t20-/m1/s1. The van der Waals surface area contributed by atoms with Crippen LogP contribution in [0.2, 0.25) is 0 Å². The van der Waals surface area contributed by atoms with Crippen LogP contribution in [-0.4, -0.2) is 30.1 Å². The van der Waals surface area contributed by atoms with Crippen LogP contribution in [0, 0.1) is 6.92 Å². The number of nitrogens with one attached hydrogen (secondary N) is 1. The monoisotopic (exact) mass is 368 g/mol. The van der Waals surface area contributed by atoms with Crippen LogP contribution >= 0.6 is 12.2 Å². The minimum absolute atomic E-state index is 0.367. The first-order valence-electron chi connectivity index (χ1n) is 9.38. The summed E-state index contributed by atoms with van der Waals surface area (Å²) in [6, 6.07) is 15.3. The lowest BCUT2D eigenvalue weighted by molar-refractivity contribution is 0.212. The van der Waals surface area contributed by atoms with E-state index in [0.717, 1.165) is 35.9 Å². The summed E-state index contributed by atoms with van der Waals surface area (Å²) in [7, 11) is 1.69. The summed E-state index contributed by atoms with van der Waals surface area (Å²) in [5, 5.41) is 3.50. The number of unbranched alkanes of at least 4 members (excludes halogenated alkanes) is 1. The highest BCUT2D eigenvalue weighted by atomic mass is 32.1. The average molecular weight is 369 g/mol. The Morgan fingerprint density at radius 2 is 2.08 bits per heavy atom. The summed E-state index contributed by atoms with van der Waals surface area (Å²) in [4.78, 5) is 3.32. The van der Waals surface area contributed by atoms with Crippen LogP contribution in [-0.2, 0) is 6.54 Å². The first-order chi connectivity index (χ1) is 12.6. The zero-order valence-corrected chi connectivity index (χ0v) is 16.7. The molecule has 0 spiro atoms. The molecule has 26 heavy (non-hydrogen) atoms. The molecular weight excluding hydrogens is 340 g/mol. The van der Waals surface area contributed by atoms with E-state index in [2.05, 4.69) is 54.4 Å². The van der Waals surface area contributed by atoms with Crippen molar-refractivity contribution in [3.05, 3.63) is 64.7 Å². The molecule has 0 aliphatic carbocycles. The van der Waals surface area contributed by atoms with Gasteiger partial charge in [-0.2, -0.15) is 0 Å². The first kappa shape index (κ1) is 18.9. The summed E-state index contributed by atoms with van der Waals surface area (Å²) < 4.78 is 5.49. The fourth-order valence-electron chi connectivity index (χ4n) is 3.65. The predicted molar refractivity (Wildman–Crippen MR) is 112 cm³/mol. The van der Waals surface area contributed by atoms with Gasteiger partial charge in [0.15, 0.2) is 0 Å². The van der Waals surface area contributed by atoms with Crippen LogP contribution in [0.1, 0.15) is 48.1 Å². The average Bonchev–Trinajstić information content (AvgIpc) is 3.01. The second-order valence-corrected chi connectivity index (χ2v) is 7.36. The third-order valence-corrected chi connectivity index (χ3v) is 5.45. The van der Waals surface area contributed by atoms with Gasteiger partial charge in [0.1, 0.15) is 10.7 Å². The molecule has 0 fully saturated rings. The molecular formula is C22H28N2OS. The number of methoxy groups -OCH3 is 1. The Bertz CT molecular complexity index is 774. The molecule has 1 N–H and O–H groups in total. The highest BCUT2D eigenvalue weighted by Gasteiger charge is 2.29. The summed E-state index contributed by atoms with van der Waals surface area (Å²) in [6.07, 6.45) is 2.44. The summed E-state index contributed by atoms with van der Waals surface area (Å²) in [5.41, 5.74) is 5.01. The number of benzene rings is 2. The fraction of sp³-hybridized carbons (Fsp3) is 0.409. The summed E-state index contributed by atoms with van der Waals surface area (Å²) in [6.45, 7) is 7.29. The first-order valence-corrected chi connectivity index (χ1v) is 9.79. The van der Waals surface area contributed by atoms with Crippen molar-refractivity contribution in [3.63, 3.8) is 0 Å². The van der Waals surface area contributed by atoms with Crippen molar-refractivity contribution in [3.8, 4) is 5.75 Å². The van der Waals surface area contributed by atoms with Gasteiger partial charge in [0.05, 0.1) is 18.7 Å². The molecule has 0 saturated carbocycles. The van der Waals surface area contributed by atoms with Crippen molar-refractivity contribution in [1.82, 2.24) is 10.2 Å². The minimum atomic E-state index is 0.367. The van der Waals surface area contributed by atoms with Crippen molar-refractivity contribution >= 4 is 17.2 Å². The van der Waals surface area contributed by atoms with Crippen molar-refractivity contribution in [2.24, 2.45) is 0 Å². The van der Waals surface area contributed by atoms with Crippen LogP contribution in [0.25, 0.3) is 0 Å². The Labute approximate surface area is 162 Å². The molecule has 0 aromatic heterocycles. The third-order valence-electron chi connectivity index (χ3n) is 5.08. The van der Waals surface area contributed by atoms with Crippen LogP contribution in [0.3, 0.4) is 0 Å². The maximum Gasteiger partial charge on any atom is 0.129 e. The molecule has 0 radical (unpaired) electrons. The van der Waals surface area contributed by atoms with Gasteiger partial charge in [0.25, 0.3) is 0 Å². The molecule has 0 unspecified atom stereocenters. The second-order valence-electron chi connectivity index (χ2n) is 6.95. The molecule has 138 valence electrons. The molecule has 2 aromatic carbocycles. The Balaban J connectivity index is 1.74. The number of rotatable bonds is 7. The third kappa shape index (κ3) is 4.08. The molecule has 3 nitrogen and oxygen atoms in total. The maximum atomic E-state index is 5.68. The molecule has 2 aromatic rings. The van der Waals surface area contributed by atoms with Gasteiger partial charge in [-0.3, -0.25) is 4.90 Å². The van der Waals surface area contributed by atoms with Gasteiger partial charge in [-0.1, -0.05) is 61.5 Å². The van der Waals surface area contributed by atoms with E-state index in [1.807, 2.05) is 12.1 Å². The van der Waals surface area contributed by atoms with Crippen LogP contribution in [0.5, 0.6) is 5.75 Å². The number of fused-ring (bicyclic) bond motifs is 1. The topological polar surface area (TPSA) is 24.5 Å². The largest absolute Gasteiger partial charge is 0.496 e. The number of aryl methyl sites for hydroxylation is 1. The summed E-state index contributed by atoms with van der Waals surface area (Å²) >= 11 is 5.68. The van der Waals surface area contributed by atoms with E-state index in [1.54, 1.807) is 7.11 Å². The van der Waals surface area contributed by atoms with Gasteiger partial charge in [-0.05, 0) is 43.1 Å². The second kappa shape index (κ2) is 8.65. The van der Waals surface area contributed by atoms with Gasteiger partial charge in [-0.15, -0.1) is 0 Å². The lowest BCUT2D eigenvalue weighted by Gasteiger charge is -2.26. The molecule has 1 atom stereocenters. The van der Waals surface area contributed by atoms with E-state index in [4.69, 9.17) is 17.0 Å². The Morgan fingerprint density at radius 1 is 1.27 bits per heavy atom. The van der Waals surface area contributed by atoms with Crippen LogP contribution in [0.4, 0.5) is 0 Å². The fourth-order valence-corrected chi connectivity index (χ4v) is 3.89. The van der Waals surface area contributed by atoms with E-state index in [0.29, 0.717) is 6.04 Å². The van der Waals surface area contributed by atoms with Crippen molar-refractivity contribution in [2.75, 3.05) is 20.2 Å². The summed E-state index contributed by atoms with van der Waals surface area (Å²) in [5.74, 6) is 0.822. The molecule has 0 saturated heterocycles. The SMILES string of the molecule is CCCCN1Cc2ccccc2[C@H]1CNC(=S)c1cc(C)ccc1OC. The maximum absolute atomic E-state index is 5.68. The lowest BCUT2D eigenvalue weighted by Crippen LogP contribution is -2.34. The van der Waals surface area contributed by atoms with Crippen LogP contribution in [0.15, 0.2) is 42.5 Å². The number of hydrogen-bond acceptors (Lipinski definition) is 3. The van der Waals surface area contributed by atoms with Gasteiger partial charge in [0, 0.05) is 13.1 Å². The Morgan fingerprint density at radius 3 is 2.85 bits per heavy atom. The Kier molecular flexibility index (Phi) is 6.28. The van der Waals surface area contributed by atoms with E-state index in [-0.39, 0.29) is 0 Å². The molecule has 0 bridgehead atoms. The quantitative estimate of drug-likeness (QED) is 0.721. The highest BCUT2D eigenvalue weighted by Crippen LogP contribution is 2.33. The van der Waals surface area contributed by atoms with Gasteiger partial charge >= 0.3 is 0 Å². The van der Waals surface area contributed by atoms with Crippen molar-refractivity contribution in [2.45, 2.75) is 39.3 Å². The molecule has 1 heterocycles. The molecule has 3 rings (SSSR count). The number of thiocarbonyl (C=S) groups is 1. The number of hydrogen-bond donors (Lipinski definition) is 1. The van der Waals surface area contributed by atoms with Crippen LogP contribution < -0.4 is 10.1 Å². The Hall–Kier alpha value is -1.91. The minimum Gasteiger partial charge on any atom is -0.496 e. The molecule has 1 aliphatic rings. The molecule has 0 amide bonds. The lowest BCUT2D eigenvalue weighted by atomic mass is 10.0. The van der Waals surface area contributed by atoms with E-state index >= 15 is 0 Å². The molecule has 1 aliphatic heterocycles. The normalized spacial score (nSPS) is 16.3. The van der Waals surface area contributed by atoms with Gasteiger partial charge < -0.3 is 10.1 Å². The number of ether oxygens (including phenoxy) is 1. The smallest absolute Gasteiger partial charge is 0.129 e. The van der Waals surface area contributed by atoms with Crippen molar-refractivity contribution in [1.29, 1.82) is 0 Å². The van der Waals surface area contributed by atoms with Crippen molar-refractivity contribution < 1.29 is 4.74 Å². The zero-order chi connectivity index (χ0) is 18.5. The van der Waals surface area contributed by atoms with Gasteiger partial charge in [0.2, 0.25) is 0 Å².